The van der Waals surface area contributed by atoms with Gasteiger partial charge < -0.3 is 33.0 Å². The van der Waals surface area contributed by atoms with Crippen molar-refractivity contribution in [3.8, 4) is 23.0 Å². The molecular formula is C38H40N2O9. The summed E-state index contributed by atoms with van der Waals surface area (Å²) < 4.78 is 30.5. The summed E-state index contributed by atoms with van der Waals surface area (Å²) in [6.45, 7) is 3.55. The molecule has 11 heteroatoms. The van der Waals surface area contributed by atoms with Crippen LogP contribution in [0, 0.1) is 5.92 Å². The Morgan fingerprint density at radius 1 is 1.02 bits per heavy atom. The molecule has 0 unspecified atom stereocenters. The van der Waals surface area contributed by atoms with Gasteiger partial charge in [0.15, 0.2) is 17.3 Å². The number of hydrogen-bond donors (Lipinski definition) is 1. The van der Waals surface area contributed by atoms with E-state index in [-0.39, 0.29) is 29.6 Å². The number of aromatic nitrogens is 1. The summed E-state index contributed by atoms with van der Waals surface area (Å²) in [7, 11) is 2.82. The van der Waals surface area contributed by atoms with Crippen molar-refractivity contribution >= 4 is 5.97 Å². The van der Waals surface area contributed by atoms with Crippen LogP contribution in [-0.4, -0.2) is 61.1 Å². The fourth-order valence-electron chi connectivity index (χ4n) is 7.52. The van der Waals surface area contributed by atoms with Gasteiger partial charge in [-0.15, -0.1) is 0 Å². The highest BCUT2D eigenvalue weighted by molar-refractivity contribution is 5.71. The number of pyridine rings is 1. The number of piperidine rings is 1. The van der Waals surface area contributed by atoms with Crippen molar-refractivity contribution in [2.75, 3.05) is 40.5 Å². The van der Waals surface area contributed by atoms with Crippen LogP contribution in [0.15, 0.2) is 74.7 Å². The summed E-state index contributed by atoms with van der Waals surface area (Å²) in [5.74, 6) is 0.812. The van der Waals surface area contributed by atoms with Crippen LogP contribution in [0.3, 0.4) is 0 Å². The molecule has 3 aliphatic heterocycles. The van der Waals surface area contributed by atoms with Gasteiger partial charge >= 0.3 is 5.97 Å². The largest absolute Gasteiger partial charge is 0.502 e. The van der Waals surface area contributed by atoms with E-state index in [0.717, 1.165) is 36.4 Å². The van der Waals surface area contributed by atoms with Crippen molar-refractivity contribution in [3.63, 3.8) is 0 Å². The predicted octanol–water partition coefficient (Wildman–Crippen LogP) is 4.39. The van der Waals surface area contributed by atoms with Crippen LogP contribution in [0.25, 0.3) is 0 Å². The highest BCUT2D eigenvalue weighted by atomic mass is 16.5. The van der Waals surface area contributed by atoms with Crippen LogP contribution in [0.5, 0.6) is 23.0 Å². The lowest BCUT2D eigenvalue weighted by Crippen LogP contribution is -2.46. The van der Waals surface area contributed by atoms with Crippen LogP contribution < -0.4 is 25.2 Å². The van der Waals surface area contributed by atoms with Crippen molar-refractivity contribution in [3.05, 3.63) is 115 Å². The van der Waals surface area contributed by atoms with E-state index in [1.807, 2.05) is 22.8 Å². The number of fused-ring (bicyclic) bond motifs is 5. The molecule has 0 spiro atoms. The summed E-state index contributed by atoms with van der Waals surface area (Å²) in [5, 5.41) is 11.0. The Labute approximate surface area is 283 Å². The van der Waals surface area contributed by atoms with Gasteiger partial charge in [-0.2, -0.15) is 0 Å². The van der Waals surface area contributed by atoms with Gasteiger partial charge in [-0.25, -0.2) is 0 Å². The minimum Gasteiger partial charge on any atom is -0.502 e. The molecule has 7 rings (SSSR count). The zero-order valence-electron chi connectivity index (χ0n) is 27.7. The first-order valence-corrected chi connectivity index (χ1v) is 16.7. The Morgan fingerprint density at radius 3 is 2.73 bits per heavy atom. The Bertz CT molecular complexity index is 1980. The second kappa shape index (κ2) is 13.8. The molecule has 1 fully saturated rings. The molecule has 0 radical (unpaired) electrons. The van der Waals surface area contributed by atoms with Crippen LogP contribution in [-0.2, 0) is 35.5 Å². The summed E-state index contributed by atoms with van der Waals surface area (Å²) in [6, 6.07) is 18.2. The number of hydrogen-bond acceptors (Lipinski definition) is 10. The lowest BCUT2D eigenvalue weighted by Gasteiger charge is -2.42. The number of likely N-dealkylation sites (tertiary alicyclic amines) is 1. The highest BCUT2D eigenvalue weighted by Gasteiger charge is 2.35. The van der Waals surface area contributed by atoms with Crippen molar-refractivity contribution in [1.29, 1.82) is 0 Å². The van der Waals surface area contributed by atoms with Gasteiger partial charge in [0.2, 0.25) is 11.2 Å². The normalized spacial score (nSPS) is 18.6. The van der Waals surface area contributed by atoms with Gasteiger partial charge in [-0.1, -0.05) is 24.3 Å². The maximum absolute atomic E-state index is 13.1. The van der Waals surface area contributed by atoms with E-state index in [1.165, 1.54) is 25.8 Å². The molecule has 5 heterocycles. The lowest BCUT2D eigenvalue weighted by atomic mass is 9.83. The monoisotopic (exact) mass is 668 g/mol. The SMILES string of the molecule is COC(=O)C[C@H](c1ccc(OCCc2ccc3c(c2)CCO3)c(OC)c1)c1oc(CN2C[C@H]3C[C@@H](C2)c2cccc(=O)n2C3)cc(=O)c1O. The first-order valence-electron chi connectivity index (χ1n) is 16.7. The quantitative estimate of drug-likeness (QED) is 0.230. The average Bonchev–Trinajstić information content (AvgIpc) is 3.57. The summed E-state index contributed by atoms with van der Waals surface area (Å²) >= 11 is 0. The molecule has 0 amide bonds. The van der Waals surface area contributed by atoms with E-state index in [1.54, 1.807) is 30.3 Å². The zero-order chi connectivity index (χ0) is 34.1. The fourth-order valence-corrected chi connectivity index (χ4v) is 7.52. The molecule has 11 nitrogen and oxygen atoms in total. The zero-order valence-corrected chi connectivity index (χ0v) is 27.7. The average molecular weight is 669 g/mol. The van der Waals surface area contributed by atoms with Gasteiger partial charge in [0.1, 0.15) is 11.5 Å². The molecule has 49 heavy (non-hydrogen) atoms. The van der Waals surface area contributed by atoms with Crippen molar-refractivity contribution in [1.82, 2.24) is 9.47 Å². The Morgan fingerprint density at radius 2 is 1.90 bits per heavy atom. The van der Waals surface area contributed by atoms with Crippen molar-refractivity contribution in [2.24, 2.45) is 5.92 Å². The van der Waals surface area contributed by atoms with E-state index < -0.39 is 23.1 Å². The number of aromatic hydroxyl groups is 1. The third-order valence-electron chi connectivity index (χ3n) is 9.84. The molecule has 3 atom stereocenters. The van der Waals surface area contributed by atoms with E-state index in [0.29, 0.717) is 62.1 Å². The number of rotatable bonds is 11. The number of ether oxygens (including phenoxy) is 4. The molecule has 1 N–H and O–H groups in total. The first-order chi connectivity index (χ1) is 23.8. The molecular weight excluding hydrogens is 628 g/mol. The van der Waals surface area contributed by atoms with Gasteiger partial charge in [0.25, 0.3) is 5.56 Å². The fraction of sp³-hybridized carbons (Fsp3) is 0.395. The molecule has 4 aromatic rings. The minimum absolute atomic E-state index is 0.0155. The number of nitrogens with zero attached hydrogens (tertiary/aromatic N) is 2. The second-order valence-corrected chi connectivity index (χ2v) is 13.1. The van der Waals surface area contributed by atoms with Crippen molar-refractivity contribution in [2.45, 2.75) is 50.6 Å². The van der Waals surface area contributed by atoms with E-state index in [9.17, 15) is 19.5 Å². The molecule has 1 saturated heterocycles. The summed E-state index contributed by atoms with van der Waals surface area (Å²) in [4.78, 5) is 40.5. The van der Waals surface area contributed by atoms with Gasteiger partial charge in [0, 0.05) is 56.2 Å². The van der Waals surface area contributed by atoms with Crippen LogP contribution in [0.4, 0.5) is 0 Å². The maximum atomic E-state index is 13.1. The second-order valence-electron chi connectivity index (χ2n) is 13.1. The molecule has 0 saturated carbocycles. The third-order valence-corrected chi connectivity index (χ3v) is 9.84. The maximum Gasteiger partial charge on any atom is 0.306 e. The molecule has 2 aromatic carbocycles. The Hall–Kier alpha value is -5.03. The summed E-state index contributed by atoms with van der Waals surface area (Å²) in [5.41, 5.74) is 3.39. The molecule has 256 valence electrons. The topological polar surface area (TPSA) is 130 Å². The van der Waals surface area contributed by atoms with E-state index >= 15 is 0 Å². The van der Waals surface area contributed by atoms with Crippen LogP contribution >= 0.6 is 0 Å². The molecule has 3 aliphatic rings. The van der Waals surface area contributed by atoms with Crippen molar-refractivity contribution < 1.29 is 33.3 Å². The van der Waals surface area contributed by atoms with Gasteiger partial charge in [-0.05, 0) is 53.3 Å². The molecule has 2 aromatic heterocycles. The van der Waals surface area contributed by atoms with Crippen LogP contribution in [0.1, 0.15) is 58.6 Å². The van der Waals surface area contributed by atoms with Gasteiger partial charge in [0.05, 0.1) is 46.3 Å². The standard InChI is InChI=1S/C38H40N2O9/c1-45-34-16-25(7-9-33(34)48-12-10-23-6-8-32-26(14-23)11-13-47-32)29(18-36(43)46-2)38-37(44)31(41)17-28(49-38)22-39-19-24-15-27(21-39)30-4-3-5-35(42)40(30)20-24/h3-9,14,16-17,24,27,29,44H,10-13,15,18-22H2,1-2H3/t24-,27+,29-/m1/s1. The number of esters is 1. The molecule has 2 bridgehead atoms. The molecule has 0 aliphatic carbocycles. The first kappa shape index (κ1) is 32.5. The Balaban J connectivity index is 1.11. The number of methoxy groups -OCH3 is 2. The number of carbonyl (C=O) groups is 1. The van der Waals surface area contributed by atoms with E-state index in [2.05, 4.69) is 11.0 Å². The van der Waals surface area contributed by atoms with E-state index in [4.69, 9.17) is 23.4 Å². The Kier molecular flexibility index (Phi) is 9.18. The lowest BCUT2D eigenvalue weighted by molar-refractivity contribution is -0.140. The smallest absolute Gasteiger partial charge is 0.306 e. The third kappa shape index (κ3) is 6.80. The highest BCUT2D eigenvalue weighted by Crippen LogP contribution is 2.39. The minimum atomic E-state index is -0.837. The number of carbonyl (C=O) groups excluding carboxylic acids is 1. The number of benzene rings is 2. The predicted molar refractivity (Wildman–Crippen MR) is 180 cm³/mol. The van der Waals surface area contributed by atoms with Gasteiger partial charge in [-0.3, -0.25) is 19.3 Å². The van der Waals surface area contributed by atoms with Crippen LogP contribution in [0.2, 0.25) is 0 Å². The summed E-state index contributed by atoms with van der Waals surface area (Å²) in [6.07, 6.45) is 2.42.